The Kier molecular flexibility index (Phi) is 11.4. The summed E-state index contributed by atoms with van der Waals surface area (Å²) in [5, 5.41) is 31.0. The van der Waals surface area contributed by atoms with Crippen LogP contribution in [0.4, 0.5) is 9.59 Å². The molecule has 2 saturated carbocycles. The van der Waals surface area contributed by atoms with Crippen LogP contribution >= 0.6 is 0 Å². The Bertz CT molecular complexity index is 517. The van der Waals surface area contributed by atoms with Crippen molar-refractivity contribution in [2.45, 2.75) is 114 Å². The molecule has 0 aliphatic heterocycles. The van der Waals surface area contributed by atoms with Crippen molar-refractivity contribution in [2.75, 3.05) is 6.54 Å². The van der Waals surface area contributed by atoms with Gasteiger partial charge in [-0.2, -0.15) is 0 Å². The molecule has 0 bridgehead atoms. The Morgan fingerprint density at radius 1 is 0.833 bits per heavy atom. The molecule has 2 rings (SSSR count). The van der Waals surface area contributed by atoms with E-state index in [-0.39, 0.29) is 42.6 Å². The Balaban J connectivity index is 1.57. The van der Waals surface area contributed by atoms with Gasteiger partial charge in [0, 0.05) is 30.8 Å². The van der Waals surface area contributed by atoms with Crippen molar-refractivity contribution in [1.82, 2.24) is 21.3 Å². The van der Waals surface area contributed by atoms with Crippen LogP contribution < -0.4 is 21.3 Å². The number of aliphatic hydroxyl groups is 2. The number of carbonyl (C=O) groups is 2. The molecule has 2 fully saturated rings. The highest BCUT2D eigenvalue weighted by Crippen LogP contribution is 2.20. The molecule has 1 unspecified atom stereocenters. The second-order valence-corrected chi connectivity index (χ2v) is 8.81. The van der Waals surface area contributed by atoms with E-state index in [4.69, 9.17) is 7.85 Å². The Labute approximate surface area is 181 Å². The van der Waals surface area contributed by atoms with Crippen LogP contribution in [-0.4, -0.2) is 67.0 Å². The molecule has 0 aromatic rings. The predicted octanol–water partition coefficient (Wildman–Crippen LogP) is 1.71. The average molecular weight is 422 g/mol. The molecule has 0 saturated heterocycles. The van der Waals surface area contributed by atoms with Crippen LogP contribution in [-0.2, 0) is 0 Å². The van der Waals surface area contributed by atoms with Crippen molar-refractivity contribution in [3.8, 4) is 0 Å². The van der Waals surface area contributed by atoms with E-state index >= 15 is 0 Å². The quantitative estimate of drug-likeness (QED) is 0.192. The lowest BCUT2D eigenvalue weighted by molar-refractivity contribution is 0.117. The fraction of sp³-hybridized carbons (Fsp3) is 0.905. The second-order valence-electron chi connectivity index (χ2n) is 8.81. The standard InChI is InChI=1S/C21H39BN4O4/c22-14-19(28)6-1-2-13-23-20(29)24-15-4-3-5-16(8-7-15)25-21(30)26-17-9-11-18(27)12-10-17/h15-19,27-28H,1-14H2,(H2,23,24,29)(H2,25,26,30)/t15-,16?,17?,18?,19-/m1/s1. The summed E-state index contributed by atoms with van der Waals surface area (Å²) in [7, 11) is 5.37. The zero-order chi connectivity index (χ0) is 21.8. The van der Waals surface area contributed by atoms with Crippen molar-refractivity contribution in [1.29, 1.82) is 0 Å². The molecule has 9 heteroatoms. The molecule has 6 N–H and O–H groups in total. The summed E-state index contributed by atoms with van der Waals surface area (Å²) in [5.41, 5.74) is 0. The summed E-state index contributed by atoms with van der Waals surface area (Å²) in [4.78, 5) is 24.4. The van der Waals surface area contributed by atoms with E-state index in [9.17, 15) is 19.8 Å². The van der Waals surface area contributed by atoms with Gasteiger partial charge in [0.1, 0.15) is 0 Å². The number of hydrogen-bond acceptors (Lipinski definition) is 4. The van der Waals surface area contributed by atoms with Crippen molar-refractivity contribution < 1.29 is 19.8 Å². The fourth-order valence-corrected chi connectivity index (χ4v) is 4.28. The summed E-state index contributed by atoms with van der Waals surface area (Å²) in [6.07, 6.45) is 9.54. The first kappa shape index (κ1) is 24.8. The first-order valence-electron chi connectivity index (χ1n) is 11.6. The van der Waals surface area contributed by atoms with E-state index in [0.717, 1.165) is 70.6 Å². The maximum atomic E-state index is 12.3. The van der Waals surface area contributed by atoms with Crippen LogP contribution in [0.2, 0.25) is 6.32 Å². The van der Waals surface area contributed by atoms with Crippen LogP contribution in [0.15, 0.2) is 0 Å². The third-order valence-electron chi connectivity index (χ3n) is 6.19. The Morgan fingerprint density at radius 3 is 1.97 bits per heavy atom. The highest BCUT2D eigenvalue weighted by Gasteiger charge is 2.24. The molecule has 0 spiro atoms. The summed E-state index contributed by atoms with van der Waals surface area (Å²) < 4.78 is 0. The van der Waals surface area contributed by atoms with Gasteiger partial charge in [0.2, 0.25) is 0 Å². The zero-order valence-corrected chi connectivity index (χ0v) is 18.1. The van der Waals surface area contributed by atoms with Crippen molar-refractivity contribution in [3.05, 3.63) is 0 Å². The second kappa shape index (κ2) is 13.8. The number of urea groups is 2. The molecule has 3 atom stereocenters. The summed E-state index contributed by atoms with van der Waals surface area (Å²) >= 11 is 0. The number of amides is 4. The highest BCUT2D eigenvalue weighted by atomic mass is 16.3. The van der Waals surface area contributed by atoms with Gasteiger partial charge in [-0.15, -0.1) is 0 Å². The number of unbranched alkanes of at least 4 members (excludes halogenated alkanes) is 1. The van der Waals surface area contributed by atoms with Gasteiger partial charge < -0.3 is 31.5 Å². The van der Waals surface area contributed by atoms with E-state index < -0.39 is 6.10 Å². The minimum absolute atomic E-state index is 0.120. The number of rotatable bonds is 9. The SMILES string of the molecule is [B]C[C@H](O)CCCCNC(=O)N[C@@H]1CCCC(NC(=O)NC2CCC(O)CC2)CC1. The van der Waals surface area contributed by atoms with Gasteiger partial charge in [-0.1, -0.05) is 6.32 Å². The topological polar surface area (TPSA) is 123 Å². The molecular formula is C21H39BN4O4. The van der Waals surface area contributed by atoms with Crippen LogP contribution in [0.25, 0.3) is 0 Å². The third-order valence-corrected chi connectivity index (χ3v) is 6.19. The van der Waals surface area contributed by atoms with Crippen molar-refractivity contribution in [2.24, 2.45) is 0 Å². The van der Waals surface area contributed by atoms with Crippen LogP contribution in [0, 0.1) is 0 Å². The Hall–Kier alpha value is -1.48. The molecule has 2 radical (unpaired) electrons. The van der Waals surface area contributed by atoms with E-state index in [2.05, 4.69) is 21.3 Å². The van der Waals surface area contributed by atoms with Crippen molar-refractivity contribution in [3.63, 3.8) is 0 Å². The normalized spacial score (nSPS) is 28.1. The predicted molar refractivity (Wildman–Crippen MR) is 118 cm³/mol. The zero-order valence-electron chi connectivity index (χ0n) is 18.1. The number of nitrogens with one attached hydrogen (secondary N) is 4. The maximum Gasteiger partial charge on any atom is 0.315 e. The van der Waals surface area contributed by atoms with E-state index in [1.165, 1.54) is 0 Å². The van der Waals surface area contributed by atoms with Crippen LogP contribution in [0.3, 0.4) is 0 Å². The molecule has 0 heterocycles. The van der Waals surface area contributed by atoms with Crippen LogP contribution in [0.5, 0.6) is 0 Å². The molecule has 4 amide bonds. The summed E-state index contributed by atoms with van der Waals surface area (Å²) in [5.74, 6) is 0. The molecule has 0 aromatic carbocycles. The Morgan fingerprint density at radius 2 is 1.37 bits per heavy atom. The molecular weight excluding hydrogens is 383 g/mol. The molecule has 2 aliphatic carbocycles. The van der Waals surface area contributed by atoms with Gasteiger partial charge >= 0.3 is 12.1 Å². The fourth-order valence-electron chi connectivity index (χ4n) is 4.28. The lowest BCUT2D eigenvalue weighted by Crippen LogP contribution is -2.47. The molecule has 170 valence electrons. The minimum Gasteiger partial charge on any atom is -0.394 e. The number of carbonyl (C=O) groups excluding carboxylic acids is 2. The summed E-state index contributed by atoms with van der Waals surface area (Å²) in [6.45, 7) is 0.582. The maximum absolute atomic E-state index is 12.3. The van der Waals surface area contributed by atoms with Gasteiger partial charge in [0.15, 0.2) is 0 Å². The largest absolute Gasteiger partial charge is 0.394 e. The number of aliphatic hydroxyl groups excluding tert-OH is 2. The van der Waals surface area contributed by atoms with E-state index in [0.29, 0.717) is 13.0 Å². The first-order valence-corrected chi connectivity index (χ1v) is 11.6. The van der Waals surface area contributed by atoms with E-state index in [1.54, 1.807) is 0 Å². The summed E-state index contributed by atoms with van der Waals surface area (Å²) in [6, 6.07) is 0.130. The van der Waals surface area contributed by atoms with Gasteiger partial charge in [-0.25, -0.2) is 9.59 Å². The third kappa shape index (κ3) is 10.0. The van der Waals surface area contributed by atoms with E-state index in [1.807, 2.05) is 0 Å². The van der Waals surface area contributed by atoms with Crippen molar-refractivity contribution >= 4 is 19.9 Å². The van der Waals surface area contributed by atoms with Gasteiger partial charge in [0.05, 0.1) is 14.0 Å². The van der Waals surface area contributed by atoms with Gasteiger partial charge in [-0.3, -0.25) is 0 Å². The minimum atomic E-state index is -0.455. The number of hydrogen-bond donors (Lipinski definition) is 6. The monoisotopic (exact) mass is 422 g/mol. The molecule has 2 aliphatic rings. The molecule has 8 nitrogen and oxygen atoms in total. The van der Waals surface area contributed by atoms with Gasteiger partial charge in [0.25, 0.3) is 0 Å². The van der Waals surface area contributed by atoms with Crippen LogP contribution in [0.1, 0.15) is 77.0 Å². The highest BCUT2D eigenvalue weighted by molar-refractivity contribution is 6.08. The molecule has 0 aromatic heterocycles. The lowest BCUT2D eigenvalue weighted by atomic mass is 9.93. The molecule has 30 heavy (non-hydrogen) atoms. The smallest absolute Gasteiger partial charge is 0.315 e. The average Bonchev–Trinajstić information content (AvgIpc) is 2.94. The lowest BCUT2D eigenvalue weighted by Gasteiger charge is -2.27. The first-order chi connectivity index (χ1) is 14.5. The van der Waals surface area contributed by atoms with Gasteiger partial charge in [-0.05, 0) is 77.0 Å².